The number of piperazine rings is 1. The maximum atomic E-state index is 11.8. The molecule has 0 bridgehead atoms. The minimum atomic E-state index is -0.262. The average molecular weight is 285 g/mol. The molecule has 1 unspecified atom stereocenters. The molecule has 1 aliphatic rings. The standard InChI is InChI=1S/C11H17ClN6O/c1-3-7-8(19)14-5-6-18(7)11-16-9(12)15-10(17-11)13-4-2/h7H,3-6H2,1-2H3,(H,14,19)(H,13,15,16,17). The molecule has 0 radical (unpaired) electrons. The number of hydrogen-bond donors (Lipinski definition) is 2. The molecule has 1 aromatic rings. The largest absolute Gasteiger partial charge is 0.354 e. The number of nitrogens with zero attached hydrogens (tertiary/aromatic N) is 4. The summed E-state index contributed by atoms with van der Waals surface area (Å²) in [4.78, 5) is 26.1. The van der Waals surface area contributed by atoms with E-state index in [2.05, 4.69) is 25.6 Å². The molecule has 19 heavy (non-hydrogen) atoms. The SMILES string of the molecule is CCNc1nc(Cl)nc(N2CCNC(=O)C2CC)n1. The van der Waals surface area contributed by atoms with E-state index in [1.54, 1.807) is 0 Å². The summed E-state index contributed by atoms with van der Waals surface area (Å²) in [6.45, 7) is 5.83. The van der Waals surface area contributed by atoms with Gasteiger partial charge in [-0.15, -0.1) is 0 Å². The van der Waals surface area contributed by atoms with Crippen LogP contribution in [-0.2, 0) is 4.79 Å². The van der Waals surface area contributed by atoms with Gasteiger partial charge in [0.05, 0.1) is 0 Å². The molecule has 0 saturated carbocycles. The van der Waals surface area contributed by atoms with Gasteiger partial charge in [-0.3, -0.25) is 4.79 Å². The number of rotatable bonds is 4. The van der Waals surface area contributed by atoms with Crippen LogP contribution in [0.15, 0.2) is 0 Å². The zero-order valence-corrected chi connectivity index (χ0v) is 11.7. The molecule has 1 fully saturated rings. The van der Waals surface area contributed by atoms with E-state index in [0.717, 1.165) is 0 Å². The third-order valence-corrected chi connectivity index (χ3v) is 3.07. The van der Waals surface area contributed by atoms with Gasteiger partial charge in [-0.05, 0) is 24.9 Å². The minimum Gasteiger partial charge on any atom is -0.354 e. The summed E-state index contributed by atoms with van der Waals surface area (Å²) in [6.07, 6.45) is 0.686. The molecule has 0 aromatic carbocycles. The first-order valence-electron chi connectivity index (χ1n) is 6.35. The van der Waals surface area contributed by atoms with Crippen molar-refractivity contribution in [3.05, 3.63) is 5.28 Å². The van der Waals surface area contributed by atoms with Crippen molar-refractivity contribution < 1.29 is 4.79 Å². The highest BCUT2D eigenvalue weighted by Gasteiger charge is 2.30. The topological polar surface area (TPSA) is 83.0 Å². The summed E-state index contributed by atoms with van der Waals surface area (Å²) < 4.78 is 0. The molecule has 0 aliphatic carbocycles. The van der Waals surface area contributed by atoms with E-state index in [9.17, 15) is 4.79 Å². The number of carbonyl (C=O) groups excluding carboxylic acids is 1. The highest BCUT2D eigenvalue weighted by molar-refractivity contribution is 6.28. The molecular formula is C11H17ClN6O. The molecule has 7 nitrogen and oxygen atoms in total. The molecule has 2 heterocycles. The Kier molecular flexibility index (Phi) is 4.36. The van der Waals surface area contributed by atoms with Crippen LogP contribution in [0.2, 0.25) is 5.28 Å². The first-order valence-corrected chi connectivity index (χ1v) is 6.73. The van der Waals surface area contributed by atoms with Crippen molar-refractivity contribution >= 4 is 29.4 Å². The predicted octanol–water partition coefficient (Wildman–Crippen LogP) is 0.672. The first kappa shape index (κ1) is 13.8. The summed E-state index contributed by atoms with van der Waals surface area (Å²) in [5, 5.41) is 5.96. The number of aromatic nitrogens is 3. The summed E-state index contributed by atoms with van der Waals surface area (Å²) >= 11 is 5.90. The Balaban J connectivity index is 2.31. The summed E-state index contributed by atoms with van der Waals surface area (Å²) in [6, 6.07) is -0.262. The molecule has 1 aliphatic heterocycles. The Morgan fingerprint density at radius 3 is 2.89 bits per heavy atom. The van der Waals surface area contributed by atoms with Crippen molar-refractivity contribution in [2.24, 2.45) is 0 Å². The van der Waals surface area contributed by atoms with Gasteiger partial charge in [-0.25, -0.2) is 0 Å². The lowest BCUT2D eigenvalue weighted by molar-refractivity contribution is -0.123. The second-order valence-electron chi connectivity index (χ2n) is 4.17. The molecule has 1 atom stereocenters. The zero-order valence-electron chi connectivity index (χ0n) is 11.0. The van der Waals surface area contributed by atoms with Gasteiger partial charge in [0.1, 0.15) is 6.04 Å². The molecule has 104 valence electrons. The Morgan fingerprint density at radius 2 is 2.21 bits per heavy atom. The number of carbonyl (C=O) groups is 1. The van der Waals surface area contributed by atoms with Gasteiger partial charge in [-0.1, -0.05) is 6.92 Å². The third kappa shape index (κ3) is 3.04. The van der Waals surface area contributed by atoms with Gasteiger partial charge in [0, 0.05) is 19.6 Å². The van der Waals surface area contributed by atoms with Crippen LogP contribution in [0.25, 0.3) is 0 Å². The smallest absolute Gasteiger partial charge is 0.242 e. The maximum Gasteiger partial charge on any atom is 0.242 e. The van der Waals surface area contributed by atoms with Gasteiger partial charge in [0.25, 0.3) is 0 Å². The fourth-order valence-corrected chi connectivity index (χ4v) is 2.22. The van der Waals surface area contributed by atoms with E-state index in [4.69, 9.17) is 11.6 Å². The monoisotopic (exact) mass is 284 g/mol. The fraction of sp³-hybridized carbons (Fsp3) is 0.636. The maximum absolute atomic E-state index is 11.8. The van der Waals surface area contributed by atoms with Crippen LogP contribution in [-0.4, -0.2) is 46.5 Å². The Bertz CT molecular complexity index is 468. The van der Waals surface area contributed by atoms with Crippen LogP contribution in [0.5, 0.6) is 0 Å². The number of anilines is 2. The number of hydrogen-bond acceptors (Lipinski definition) is 6. The van der Waals surface area contributed by atoms with Crippen molar-refractivity contribution in [3.8, 4) is 0 Å². The summed E-state index contributed by atoms with van der Waals surface area (Å²) in [5.41, 5.74) is 0. The molecule has 8 heteroatoms. The van der Waals surface area contributed by atoms with Gasteiger partial charge < -0.3 is 15.5 Å². The molecule has 0 spiro atoms. The molecular weight excluding hydrogens is 268 g/mol. The lowest BCUT2D eigenvalue weighted by atomic mass is 10.1. The highest BCUT2D eigenvalue weighted by atomic mass is 35.5. The summed E-state index contributed by atoms with van der Waals surface area (Å²) in [5.74, 6) is 0.867. The number of nitrogens with one attached hydrogen (secondary N) is 2. The molecule has 1 amide bonds. The second kappa shape index (κ2) is 6.01. The summed E-state index contributed by atoms with van der Waals surface area (Å²) in [7, 11) is 0. The quantitative estimate of drug-likeness (QED) is 0.846. The third-order valence-electron chi connectivity index (χ3n) is 2.91. The zero-order chi connectivity index (χ0) is 13.8. The van der Waals surface area contributed by atoms with Crippen molar-refractivity contribution in [3.63, 3.8) is 0 Å². The van der Waals surface area contributed by atoms with Gasteiger partial charge in [0.2, 0.25) is 23.1 Å². The van der Waals surface area contributed by atoms with Crippen molar-refractivity contribution in [1.82, 2.24) is 20.3 Å². The van der Waals surface area contributed by atoms with Gasteiger partial charge in [-0.2, -0.15) is 15.0 Å². The highest BCUT2D eigenvalue weighted by Crippen LogP contribution is 2.19. The van der Waals surface area contributed by atoms with Crippen LogP contribution in [0, 0.1) is 0 Å². The fourth-order valence-electron chi connectivity index (χ4n) is 2.07. The van der Waals surface area contributed by atoms with Crippen LogP contribution in [0.4, 0.5) is 11.9 Å². The van der Waals surface area contributed by atoms with E-state index in [0.29, 0.717) is 38.0 Å². The predicted molar refractivity (Wildman–Crippen MR) is 73.4 cm³/mol. The van der Waals surface area contributed by atoms with Crippen molar-refractivity contribution in [2.45, 2.75) is 26.3 Å². The van der Waals surface area contributed by atoms with Crippen LogP contribution in [0.3, 0.4) is 0 Å². The lowest BCUT2D eigenvalue weighted by Gasteiger charge is -2.34. The van der Waals surface area contributed by atoms with Crippen LogP contribution in [0.1, 0.15) is 20.3 Å². The van der Waals surface area contributed by atoms with Gasteiger partial charge in [0.15, 0.2) is 0 Å². The first-order chi connectivity index (χ1) is 9.15. The average Bonchev–Trinajstić information content (AvgIpc) is 2.38. The van der Waals surface area contributed by atoms with E-state index >= 15 is 0 Å². The second-order valence-corrected chi connectivity index (χ2v) is 4.50. The van der Waals surface area contributed by atoms with E-state index < -0.39 is 0 Å². The van der Waals surface area contributed by atoms with Crippen LogP contribution < -0.4 is 15.5 Å². The molecule has 1 aromatic heterocycles. The minimum absolute atomic E-state index is 0.00437. The lowest BCUT2D eigenvalue weighted by Crippen LogP contribution is -2.55. The Labute approximate surface area is 116 Å². The molecule has 1 saturated heterocycles. The van der Waals surface area contributed by atoms with Crippen molar-refractivity contribution in [1.29, 1.82) is 0 Å². The Hall–Kier alpha value is -1.63. The van der Waals surface area contributed by atoms with E-state index in [-0.39, 0.29) is 17.2 Å². The number of halogens is 1. The normalized spacial score (nSPS) is 19.2. The van der Waals surface area contributed by atoms with Crippen molar-refractivity contribution in [2.75, 3.05) is 29.9 Å². The Morgan fingerprint density at radius 1 is 1.42 bits per heavy atom. The van der Waals surface area contributed by atoms with E-state index in [1.807, 2.05) is 18.7 Å². The number of amides is 1. The van der Waals surface area contributed by atoms with E-state index in [1.165, 1.54) is 0 Å². The van der Waals surface area contributed by atoms with Crippen LogP contribution >= 0.6 is 11.6 Å². The van der Waals surface area contributed by atoms with Gasteiger partial charge >= 0.3 is 0 Å². The molecule has 2 N–H and O–H groups in total. The molecule has 2 rings (SSSR count).